The van der Waals surface area contributed by atoms with Crippen molar-refractivity contribution in [2.75, 3.05) is 0 Å². The molecule has 0 aliphatic heterocycles. The third-order valence-electron chi connectivity index (χ3n) is 3.14. The molecular formula is C15H12FN5O. The number of hydrogen-bond donors (Lipinski definition) is 1. The number of benzene rings is 2. The largest absolute Gasteiger partial charge is 0.410 e. The molecule has 1 N–H and O–H groups in total. The van der Waals surface area contributed by atoms with Crippen LogP contribution in [0.4, 0.5) is 4.39 Å². The summed E-state index contributed by atoms with van der Waals surface area (Å²) in [6, 6.07) is 15.2. The van der Waals surface area contributed by atoms with Gasteiger partial charge in [0.25, 0.3) is 0 Å². The summed E-state index contributed by atoms with van der Waals surface area (Å²) in [6.45, 7) is 0.342. The maximum atomic E-state index is 12.9. The van der Waals surface area contributed by atoms with Gasteiger partial charge in [-0.1, -0.05) is 47.6 Å². The highest BCUT2D eigenvalue weighted by atomic mass is 19.1. The minimum absolute atomic E-state index is 0.271. The average molecular weight is 297 g/mol. The molecule has 2 aromatic carbocycles. The van der Waals surface area contributed by atoms with E-state index >= 15 is 0 Å². The van der Waals surface area contributed by atoms with Gasteiger partial charge in [0, 0.05) is 5.56 Å². The molecule has 0 amide bonds. The lowest BCUT2D eigenvalue weighted by molar-refractivity contribution is 0.319. The summed E-state index contributed by atoms with van der Waals surface area (Å²) >= 11 is 0. The first-order valence-electron chi connectivity index (χ1n) is 6.56. The second-order valence-corrected chi connectivity index (χ2v) is 4.60. The molecule has 3 rings (SSSR count). The lowest BCUT2D eigenvalue weighted by Crippen LogP contribution is -2.14. The monoisotopic (exact) mass is 297 g/mol. The molecule has 7 heteroatoms. The van der Waals surface area contributed by atoms with E-state index in [-0.39, 0.29) is 11.5 Å². The Bertz CT molecular complexity index is 783. The van der Waals surface area contributed by atoms with E-state index in [1.807, 2.05) is 18.2 Å². The fourth-order valence-corrected chi connectivity index (χ4v) is 2.07. The molecule has 0 aliphatic rings. The average Bonchev–Trinajstić information content (AvgIpc) is 3.00. The van der Waals surface area contributed by atoms with Gasteiger partial charge in [-0.25, -0.2) is 9.07 Å². The third-order valence-corrected chi connectivity index (χ3v) is 3.14. The summed E-state index contributed by atoms with van der Waals surface area (Å²) < 4.78 is 14.4. The highest BCUT2D eigenvalue weighted by molar-refractivity contribution is 6.10. The van der Waals surface area contributed by atoms with Gasteiger partial charge in [-0.05, 0) is 28.1 Å². The van der Waals surface area contributed by atoms with Crippen molar-refractivity contribution in [2.24, 2.45) is 5.16 Å². The molecule has 0 unspecified atom stereocenters. The Balaban J connectivity index is 1.93. The fourth-order valence-electron chi connectivity index (χ4n) is 2.07. The molecule has 0 fully saturated rings. The van der Waals surface area contributed by atoms with Gasteiger partial charge in [0.2, 0.25) is 5.82 Å². The van der Waals surface area contributed by atoms with Crippen LogP contribution in [0, 0.1) is 5.82 Å². The van der Waals surface area contributed by atoms with E-state index in [0.717, 1.165) is 5.56 Å². The van der Waals surface area contributed by atoms with Crippen molar-refractivity contribution < 1.29 is 9.60 Å². The fraction of sp³-hybridized carbons (Fsp3) is 0.0667. The molecule has 0 atom stereocenters. The molecule has 0 saturated heterocycles. The molecule has 6 nitrogen and oxygen atoms in total. The van der Waals surface area contributed by atoms with E-state index in [1.54, 1.807) is 24.3 Å². The predicted molar refractivity (Wildman–Crippen MR) is 77.2 cm³/mol. The minimum atomic E-state index is -0.303. The molecule has 110 valence electrons. The van der Waals surface area contributed by atoms with Crippen LogP contribution in [0.25, 0.3) is 0 Å². The highest BCUT2D eigenvalue weighted by Crippen LogP contribution is 2.10. The smallest absolute Gasteiger partial charge is 0.205 e. The number of halogens is 1. The molecule has 22 heavy (non-hydrogen) atoms. The van der Waals surface area contributed by atoms with Gasteiger partial charge in [0.1, 0.15) is 5.82 Å². The van der Waals surface area contributed by atoms with E-state index in [2.05, 4.69) is 20.7 Å². The van der Waals surface area contributed by atoms with Crippen LogP contribution in [-0.2, 0) is 6.54 Å². The third kappa shape index (κ3) is 2.83. The van der Waals surface area contributed by atoms with Crippen molar-refractivity contribution in [3.63, 3.8) is 0 Å². The lowest BCUT2D eigenvalue weighted by atomic mass is 10.1. The predicted octanol–water partition coefficient (Wildman–Crippen LogP) is 2.09. The Morgan fingerprint density at radius 2 is 1.82 bits per heavy atom. The number of tetrazole rings is 1. The van der Waals surface area contributed by atoms with E-state index in [0.29, 0.717) is 17.9 Å². The van der Waals surface area contributed by atoms with Crippen molar-refractivity contribution in [2.45, 2.75) is 6.54 Å². The molecule has 0 bridgehead atoms. The summed E-state index contributed by atoms with van der Waals surface area (Å²) in [6.07, 6.45) is 0. The Hall–Kier alpha value is -3.09. The summed E-state index contributed by atoms with van der Waals surface area (Å²) in [5.41, 5.74) is 1.80. The van der Waals surface area contributed by atoms with Gasteiger partial charge in [0.15, 0.2) is 5.71 Å². The quantitative estimate of drug-likeness (QED) is 0.454. The summed E-state index contributed by atoms with van der Waals surface area (Å²) in [5, 5.41) is 24.1. The van der Waals surface area contributed by atoms with Crippen LogP contribution < -0.4 is 0 Å². The van der Waals surface area contributed by atoms with Gasteiger partial charge in [-0.15, -0.1) is 5.10 Å². The zero-order valence-corrected chi connectivity index (χ0v) is 11.5. The van der Waals surface area contributed by atoms with Crippen molar-refractivity contribution in [1.82, 2.24) is 20.2 Å². The van der Waals surface area contributed by atoms with Gasteiger partial charge < -0.3 is 5.21 Å². The molecule has 0 aliphatic carbocycles. The summed E-state index contributed by atoms with van der Waals surface area (Å²) in [4.78, 5) is 0. The van der Waals surface area contributed by atoms with Crippen LogP contribution in [-0.4, -0.2) is 31.1 Å². The first-order chi connectivity index (χ1) is 10.8. The summed E-state index contributed by atoms with van der Waals surface area (Å²) in [5.74, 6) is 0.0283. The van der Waals surface area contributed by atoms with Crippen LogP contribution in [0.15, 0.2) is 59.8 Å². The van der Waals surface area contributed by atoms with Crippen molar-refractivity contribution in [3.05, 3.63) is 77.4 Å². The molecular weight excluding hydrogens is 285 g/mol. The van der Waals surface area contributed by atoms with Gasteiger partial charge in [0.05, 0.1) is 6.54 Å². The maximum Gasteiger partial charge on any atom is 0.205 e. The normalized spacial score (nSPS) is 11.6. The highest BCUT2D eigenvalue weighted by Gasteiger charge is 2.16. The minimum Gasteiger partial charge on any atom is -0.410 e. The van der Waals surface area contributed by atoms with Crippen molar-refractivity contribution >= 4 is 5.71 Å². The van der Waals surface area contributed by atoms with Crippen LogP contribution in [0.3, 0.4) is 0 Å². The molecule has 0 saturated carbocycles. The lowest BCUT2D eigenvalue weighted by Gasteiger charge is -2.06. The number of hydrogen-bond acceptors (Lipinski definition) is 5. The SMILES string of the molecule is O/N=C(/c1ccccc1)c1nnnn1Cc1ccc(F)cc1. The Labute approximate surface area is 125 Å². The zero-order chi connectivity index (χ0) is 15.4. The Morgan fingerprint density at radius 3 is 2.50 bits per heavy atom. The van der Waals surface area contributed by atoms with Crippen LogP contribution in [0.1, 0.15) is 17.0 Å². The van der Waals surface area contributed by atoms with Gasteiger partial charge in [-0.2, -0.15) is 0 Å². The maximum absolute atomic E-state index is 12.9. The van der Waals surface area contributed by atoms with E-state index in [4.69, 9.17) is 0 Å². The molecule has 0 spiro atoms. The summed E-state index contributed by atoms with van der Waals surface area (Å²) in [7, 11) is 0. The molecule has 0 radical (unpaired) electrons. The van der Waals surface area contributed by atoms with Crippen LogP contribution >= 0.6 is 0 Å². The Morgan fingerprint density at radius 1 is 1.09 bits per heavy atom. The van der Waals surface area contributed by atoms with E-state index in [9.17, 15) is 9.60 Å². The zero-order valence-electron chi connectivity index (χ0n) is 11.5. The van der Waals surface area contributed by atoms with Gasteiger partial charge in [-0.3, -0.25) is 0 Å². The number of rotatable bonds is 4. The molecule has 1 heterocycles. The van der Waals surface area contributed by atoms with Crippen LogP contribution in [0.2, 0.25) is 0 Å². The van der Waals surface area contributed by atoms with Crippen LogP contribution in [0.5, 0.6) is 0 Å². The van der Waals surface area contributed by atoms with Crippen molar-refractivity contribution in [1.29, 1.82) is 0 Å². The second kappa shape index (κ2) is 6.13. The Kier molecular flexibility index (Phi) is 3.86. The standard InChI is InChI=1S/C15H12FN5O/c16-13-8-6-11(7-9-13)10-21-15(17-19-20-21)14(18-22)12-4-2-1-3-5-12/h1-9,22H,10H2/b18-14-. The topological polar surface area (TPSA) is 76.2 Å². The van der Waals surface area contributed by atoms with E-state index in [1.165, 1.54) is 16.8 Å². The number of nitrogens with zero attached hydrogens (tertiary/aromatic N) is 5. The van der Waals surface area contributed by atoms with Crippen molar-refractivity contribution in [3.8, 4) is 0 Å². The first kappa shape index (κ1) is 13.9. The van der Waals surface area contributed by atoms with Gasteiger partial charge >= 0.3 is 0 Å². The number of oxime groups is 1. The molecule has 1 aromatic heterocycles. The van der Waals surface area contributed by atoms with E-state index < -0.39 is 0 Å². The molecule has 3 aromatic rings. The first-order valence-corrected chi connectivity index (χ1v) is 6.56. The number of aromatic nitrogens is 4. The second-order valence-electron chi connectivity index (χ2n) is 4.60.